The van der Waals surface area contributed by atoms with Crippen LogP contribution >= 0.6 is 0 Å². The number of anilines is 2. The number of nitrogens with two attached hydrogens (primary N) is 2. The van der Waals surface area contributed by atoms with Crippen molar-refractivity contribution < 1.29 is 25.3 Å². The van der Waals surface area contributed by atoms with E-state index in [-0.39, 0.29) is 29.4 Å². The van der Waals surface area contributed by atoms with Crippen LogP contribution in [0.1, 0.15) is 0 Å². The van der Waals surface area contributed by atoms with Crippen LogP contribution in [0.5, 0.6) is 0 Å². The molecule has 0 amide bonds. The summed E-state index contributed by atoms with van der Waals surface area (Å²) in [7, 11) is -11.7. The van der Waals surface area contributed by atoms with E-state index in [0.717, 1.165) is 0 Å². The lowest BCUT2D eigenvalue weighted by Crippen LogP contribution is -2.06. The monoisotopic (exact) mass is 528 g/mol. The Morgan fingerprint density at radius 2 is 0.457 bits per heavy atom. The first-order valence-corrected chi connectivity index (χ1v) is 14.5. The summed E-state index contributed by atoms with van der Waals surface area (Å²) in [5.41, 5.74) is 12.0. The Hall–Kier alpha value is -3.67. The quantitative estimate of drug-likeness (QED) is 0.361. The molecule has 35 heavy (non-hydrogen) atoms. The van der Waals surface area contributed by atoms with Crippen molar-refractivity contribution in [2.75, 3.05) is 11.5 Å². The van der Waals surface area contributed by atoms with Crippen molar-refractivity contribution in [1.82, 2.24) is 0 Å². The molecule has 0 spiro atoms. The fourth-order valence-electron chi connectivity index (χ4n) is 3.30. The minimum atomic E-state index is -4.03. The van der Waals surface area contributed by atoms with Crippen LogP contribution < -0.4 is 11.5 Å². The molecule has 0 aliphatic carbocycles. The number of nitrogen functional groups attached to an aromatic ring is 2. The zero-order valence-corrected chi connectivity index (χ0v) is 20.5. The van der Waals surface area contributed by atoms with E-state index in [1.165, 1.54) is 97.1 Å². The second kappa shape index (κ2) is 8.84. The zero-order chi connectivity index (χ0) is 25.4. The summed E-state index contributed by atoms with van der Waals surface area (Å²) in [6, 6.07) is 20.9. The lowest BCUT2D eigenvalue weighted by molar-refractivity contribution is 0.591. The van der Waals surface area contributed by atoms with Crippen molar-refractivity contribution in [2.24, 2.45) is 0 Å². The highest BCUT2D eigenvalue weighted by molar-refractivity contribution is 7.92. The van der Waals surface area contributed by atoms with Crippen molar-refractivity contribution in [1.29, 1.82) is 0 Å². The highest BCUT2D eigenvalue weighted by Gasteiger charge is 2.23. The number of sulfone groups is 3. The van der Waals surface area contributed by atoms with E-state index < -0.39 is 29.5 Å². The molecule has 0 heterocycles. The van der Waals surface area contributed by atoms with Crippen LogP contribution in [0.15, 0.2) is 126 Å². The molecule has 4 aromatic carbocycles. The topological polar surface area (TPSA) is 154 Å². The molecular formula is C24H20N2O6S3. The van der Waals surface area contributed by atoms with E-state index in [4.69, 9.17) is 11.5 Å². The van der Waals surface area contributed by atoms with Crippen LogP contribution in [0.2, 0.25) is 0 Å². The smallest absolute Gasteiger partial charge is 0.206 e. The second-order valence-electron chi connectivity index (χ2n) is 7.59. The molecule has 0 bridgehead atoms. The number of hydrogen-bond acceptors (Lipinski definition) is 8. The molecule has 4 aromatic rings. The van der Waals surface area contributed by atoms with Gasteiger partial charge in [-0.05, 0) is 97.1 Å². The van der Waals surface area contributed by atoms with Crippen LogP contribution in [0.3, 0.4) is 0 Å². The maximum absolute atomic E-state index is 13.0. The number of hydrogen-bond donors (Lipinski definition) is 2. The molecule has 180 valence electrons. The Morgan fingerprint density at radius 3 is 0.629 bits per heavy atom. The summed E-state index contributed by atoms with van der Waals surface area (Å²) in [5.74, 6) is 0. The van der Waals surface area contributed by atoms with Crippen LogP contribution in [0.25, 0.3) is 0 Å². The zero-order valence-electron chi connectivity index (χ0n) is 18.1. The molecule has 11 heteroatoms. The molecule has 0 atom stereocenters. The first kappa shape index (κ1) is 24.5. The maximum atomic E-state index is 13.0. The molecule has 0 saturated heterocycles. The average molecular weight is 529 g/mol. The van der Waals surface area contributed by atoms with Gasteiger partial charge in [-0.1, -0.05) is 0 Å². The molecule has 0 aromatic heterocycles. The van der Waals surface area contributed by atoms with Crippen LogP contribution in [-0.2, 0) is 29.5 Å². The average Bonchev–Trinajstić information content (AvgIpc) is 2.85. The summed E-state index contributed by atoms with van der Waals surface area (Å²) in [4.78, 5) is -0.372. The van der Waals surface area contributed by atoms with Gasteiger partial charge < -0.3 is 11.5 Å². The van der Waals surface area contributed by atoms with Gasteiger partial charge in [0.05, 0.1) is 29.4 Å². The van der Waals surface area contributed by atoms with Gasteiger partial charge in [-0.2, -0.15) is 0 Å². The molecule has 4 rings (SSSR count). The first-order chi connectivity index (χ1) is 16.4. The van der Waals surface area contributed by atoms with Crippen molar-refractivity contribution >= 4 is 40.9 Å². The summed E-state index contributed by atoms with van der Waals surface area (Å²) >= 11 is 0. The third-order valence-electron chi connectivity index (χ3n) is 5.27. The first-order valence-electron chi connectivity index (χ1n) is 10.1. The third kappa shape index (κ3) is 4.65. The Labute approximate surface area is 203 Å². The normalized spacial score (nSPS) is 12.3. The predicted molar refractivity (Wildman–Crippen MR) is 131 cm³/mol. The van der Waals surface area contributed by atoms with Crippen molar-refractivity contribution in [3.8, 4) is 0 Å². The summed E-state index contributed by atoms with van der Waals surface area (Å²) < 4.78 is 77.2. The van der Waals surface area contributed by atoms with Crippen LogP contribution in [-0.4, -0.2) is 25.3 Å². The third-order valence-corrected chi connectivity index (χ3v) is 10.6. The van der Waals surface area contributed by atoms with Gasteiger partial charge >= 0.3 is 0 Å². The molecule has 0 aliphatic heterocycles. The minimum Gasteiger partial charge on any atom is -0.399 e. The highest BCUT2D eigenvalue weighted by Crippen LogP contribution is 2.28. The standard InChI is InChI=1S/C24H20N2O6S3/c25-17-1-5-19(6-2-17)33(27,28)21-9-13-23(14-10-21)35(31,32)24-15-11-22(12-16-24)34(29,30)20-7-3-18(26)4-8-20/h1-16H,25-26H2. The Bertz CT molecular complexity index is 1570. The van der Waals surface area contributed by atoms with Crippen molar-refractivity contribution in [3.05, 3.63) is 97.1 Å². The summed E-state index contributed by atoms with van der Waals surface area (Å²) in [5, 5.41) is 0. The van der Waals surface area contributed by atoms with Gasteiger partial charge in [-0.3, -0.25) is 0 Å². The molecule has 0 fully saturated rings. The lowest BCUT2D eigenvalue weighted by Gasteiger charge is -2.09. The van der Waals surface area contributed by atoms with E-state index in [1.807, 2.05) is 0 Å². The van der Waals surface area contributed by atoms with E-state index in [0.29, 0.717) is 11.4 Å². The van der Waals surface area contributed by atoms with Gasteiger partial charge in [0.25, 0.3) is 0 Å². The van der Waals surface area contributed by atoms with Crippen LogP contribution in [0, 0.1) is 0 Å². The van der Waals surface area contributed by atoms with Gasteiger partial charge in [0.1, 0.15) is 0 Å². The number of rotatable bonds is 6. The molecule has 4 N–H and O–H groups in total. The molecule has 0 radical (unpaired) electrons. The van der Waals surface area contributed by atoms with E-state index in [1.54, 1.807) is 0 Å². The fraction of sp³-hybridized carbons (Fsp3) is 0. The van der Waals surface area contributed by atoms with Gasteiger partial charge in [-0.15, -0.1) is 0 Å². The molecule has 0 aliphatic rings. The lowest BCUT2D eigenvalue weighted by atomic mass is 10.3. The van der Waals surface area contributed by atoms with E-state index in [2.05, 4.69) is 0 Å². The SMILES string of the molecule is Nc1ccc(S(=O)(=O)c2ccc(S(=O)(=O)c3ccc(S(=O)(=O)c4ccc(N)cc4)cc3)cc2)cc1. The van der Waals surface area contributed by atoms with Crippen LogP contribution in [0.4, 0.5) is 11.4 Å². The summed E-state index contributed by atoms with van der Waals surface area (Å²) in [6.45, 7) is 0. The second-order valence-corrected chi connectivity index (χ2v) is 13.4. The Morgan fingerprint density at radius 1 is 0.314 bits per heavy atom. The maximum Gasteiger partial charge on any atom is 0.206 e. The molecule has 0 saturated carbocycles. The molecule has 8 nitrogen and oxygen atoms in total. The van der Waals surface area contributed by atoms with E-state index >= 15 is 0 Å². The van der Waals surface area contributed by atoms with Gasteiger partial charge in [0, 0.05) is 11.4 Å². The largest absolute Gasteiger partial charge is 0.399 e. The van der Waals surface area contributed by atoms with Gasteiger partial charge in [0.2, 0.25) is 29.5 Å². The highest BCUT2D eigenvalue weighted by atomic mass is 32.2. The fourth-order valence-corrected chi connectivity index (χ4v) is 7.08. The Balaban J connectivity index is 1.62. The predicted octanol–water partition coefficient (Wildman–Crippen LogP) is 3.35. The van der Waals surface area contributed by atoms with E-state index in [9.17, 15) is 25.3 Å². The minimum absolute atomic E-state index is 0.0280. The molecular weight excluding hydrogens is 508 g/mol. The van der Waals surface area contributed by atoms with Gasteiger partial charge in [-0.25, -0.2) is 25.3 Å². The Kier molecular flexibility index (Phi) is 6.18. The van der Waals surface area contributed by atoms with Crippen molar-refractivity contribution in [2.45, 2.75) is 29.4 Å². The van der Waals surface area contributed by atoms with Crippen molar-refractivity contribution in [3.63, 3.8) is 0 Å². The summed E-state index contributed by atoms with van der Waals surface area (Å²) in [6.07, 6.45) is 0. The van der Waals surface area contributed by atoms with Gasteiger partial charge in [0.15, 0.2) is 0 Å². The number of benzene rings is 4. The molecule has 0 unspecified atom stereocenters.